The van der Waals surface area contributed by atoms with E-state index in [-0.39, 0.29) is 36.5 Å². The number of aromatic nitrogens is 2. The SMILES string of the molecule is CN1C(=O)C(CCCCN)NC(=O)C(CCCN)NCc2cccnc2Sc2c(Cl)cc(C(N)=NN)cc2CNC(=O)C1Cc1c[nH]c2c1CCC=C2. The van der Waals surface area contributed by atoms with Crippen molar-refractivity contribution in [3.8, 4) is 0 Å². The number of fused-ring (bicyclic) bond motifs is 3. The van der Waals surface area contributed by atoms with Crippen molar-refractivity contribution in [1.29, 1.82) is 0 Å². The summed E-state index contributed by atoms with van der Waals surface area (Å²) in [6.07, 6.45) is 12.4. The number of aromatic amines is 1. The number of amides is 3. The van der Waals surface area contributed by atoms with Gasteiger partial charge in [0.15, 0.2) is 0 Å². The smallest absolute Gasteiger partial charge is 0.245 e. The Morgan fingerprint density at radius 1 is 1.06 bits per heavy atom. The van der Waals surface area contributed by atoms with Gasteiger partial charge in [0.2, 0.25) is 17.7 Å². The standard InChI is InChI=1S/C37H50ClN11O3S/c1-49-31(18-24-20-44-28-10-3-2-9-26(24)28)35(51)46-21-25-16-23(33(41)48-42)17-27(38)32(25)53-36-22(8-7-15-43-36)19-45-29(12-6-14-40)34(50)47-30(37(49)52)11-4-5-13-39/h3,7-8,10,15-17,20,29-31,44-45H,2,4-6,9,11-14,18-19,21,39-40,42H2,1H3,(H2,41,48)(H,46,51)(H,47,50). The van der Waals surface area contributed by atoms with Crippen LogP contribution in [-0.2, 0) is 40.3 Å². The Morgan fingerprint density at radius 2 is 1.85 bits per heavy atom. The molecule has 1 aliphatic carbocycles. The molecule has 53 heavy (non-hydrogen) atoms. The number of allylic oxidation sites excluding steroid dienone is 1. The molecular formula is C37H50ClN11O3S. The molecule has 2 aliphatic rings. The highest BCUT2D eigenvalue weighted by Crippen LogP contribution is 2.38. The van der Waals surface area contributed by atoms with Crippen molar-refractivity contribution in [2.75, 3.05) is 20.1 Å². The van der Waals surface area contributed by atoms with Gasteiger partial charge in [-0.3, -0.25) is 14.4 Å². The van der Waals surface area contributed by atoms with Crippen LogP contribution >= 0.6 is 23.4 Å². The molecule has 2 aromatic heterocycles. The maximum Gasteiger partial charge on any atom is 0.245 e. The fraction of sp³-hybridized carbons (Fsp3) is 0.432. The highest BCUT2D eigenvalue weighted by molar-refractivity contribution is 7.99. The molecule has 0 saturated carbocycles. The van der Waals surface area contributed by atoms with Crippen LogP contribution in [-0.4, -0.2) is 76.7 Å². The molecule has 0 saturated heterocycles. The number of carbonyl (C=O) groups excluding carboxylic acids is 3. The molecule has 16 heteroatoms. The predicted octanol–water partition coefficient (Wildman–Crippen LogP) is 2.26. The Labute approximate surface area is 319 Å². The molecule has 3 aromatic rings. The van der Waals surface area contributed by atoms with Crippen molar-refractivity contribution >= 4 is 53.0 Å². The number of likely N-dealkylation sites (N-methyl/N-ethyl adjacent to an activating group) is 1. The summed E-state index contributed by atoms with van der Waals surface area (Å²) in [5.41, 5.74) is 22.8. The topological polar surface area (TPSA) is 236 Å². The molecule has 0 fully saturated rings. The van der Waals surface area contributed by atoms with E-state index in [1.54, 1.807) is 25.4 Å². The lowest BCUT2D eigenvalue weighted by atomic mass is 9.95. The van der Waals surface area contributed by atoms with Crippen molar-refractivity contribution in [3.63, 3.8) is 0 Å². The number of unbranched alkanes of at least 4 members (excludes halogenated alkanes) is 1. The summed E-state index contributed by atoms with van der Waals surface area (Å²) in [5.74, 6) is 4.53. The van der Waals surface area contributed by atoms with Crippen LogP contribution in [0.2, 0.25) is 5.02 Å². The number of hydrogen-bond acceptors (Lipinski definition) is 10. The van der Waals surface area contributed by atoms with Crippen molar-refractivity contribution < 1.29 is 14.4 Å². The first-order valence-electron chi connectivity index (χ1n) is 18.0. The normalized spacial score (nSPS) is 20.2. The lowest BCUT2D eigenvalue weighted by Crippen LogP contribution is -2.57. The van der Waals surface area contributed by atoms with Crippen LogP contribution < -0.4 is 39.0 Å². The first-order chi connectivity index (χ1) is 25.6. The number of halogens is 1. The zero-order chi connectivity index (χ0) is 37.9. The molecular weight excluding hydrogens is 714 g/mol. The minimum absolute atomic E-state index is 0.0529. The Balaban J connectivity index is 1.60. The van der Waals surface area contributed by atoms with E-state index in [2.05, 4.69) is 37.1 Å². The van der Waals surface area contributed by atoms with Crippen LogP contribution in [0.1, 0.15) is 72.0 Å². The van der Waals surface area contributed by atoms with Gasteiger partial charge in [-0.2, -0.15) is 5.10 Å². The van der Waals surface area contributed by atoms with E-state index >= 15 is 0 Å². The highest BCUT2D eigenvalue weighted by atomic mass is 35.5. The van der Waals surface area contributed by atoms with Gasteiger partial charge in [0.05, 0.1) is 11.1 Å². The van der Waals surface area contributed by atoms with Crippen LogP contribution in [0.4, 0.5) is 0 Å². The number of rotatable bonds is 10. The van der Waals surface area contributed by atoms with Crippen molar-refractivity contribution in [3.05, 3.63) is 81.3 Å². The monoisotopic (exact) mass is 763 g/mol. The van der Waals surface area contributed by atoms with E-state index in [1.807, 2.05) is 24.4 Å². The molecule has 5 rings (SSSR count). The number of amidine groups is 1. The van der Waals surface area contributed by atoms with Crippen LogP contribution in [0.5, 0.6) is 0 Å². The lowest BCUT2D eigenvalue weighted by Gasteiger charge is -2.32. The van der Waals surface area contributed by atoms with E-state index < -0.39 is 18.1 Å². The second kappa shape index (κ2) is 19.1. The van der Waals surface area contributed by atoms with Gasteiger partial charge in [0.25, 0.3) is 0 Å². The zero-order valence-corrected chi connectivity index (χ0v) is 31.6. The molecule has 12 N–H and O–H groups in total. The maximum atomic E-state index is 14.5. The minimum atomic E-state index is -0.920. The summed E-state index contributed by atoms with van der Waals surface area (Å²) in [5, 5.41) is 14.2. The summed E-state index contributed by atoms with van der Waals surface area (Å²) in [7, 11) is 1.62. The van der Waals surface area contributed by atoms with Crippen molar-refractivity contribution in [1.82, 2.24) is 30.8 Å². The van der Waals surface area contributed by atoms with Gasteiger partial charge in [-0.25, -0.2) is 4.98 Å². The third kappa shape index (κ3) is 9.97. The van der Waals surface area contributed by atoms with Gasteiger partial charge in [-0.15, -0.1) is 0 Å². The fourth-order valence-corrected chi connectivity index (χ4v) is 8.00. The van der Waals surface area contributed by atoms with E-state index in [9.17, 15) is 14.4 Å². The Bertz CT molecular complexity index is 1830. The first-order valence-corrected chi connectivity index (χ1v) is 19.2. The quantitative estimate of drug-likeness (QED) is 0.0493. The molecule has 1 aliphatic heterocycles. The predicted molar refractivity (Wildman–Crippen MR) is 209 cm³/mol. The number of H-pyrrole nitrogens is 1. The second-order valence-electron chi connectivity index (χ2n) is 13.3. The Hall–Kier alpha value is -4.41. The van der Waals surface area contributed by atoms with E-state index in [4.69, 9.17) is 34.6 Å². The molecule has 14 nitrogen and oxygen atoms in total. The second-order valence-corrected chi connectivity index (χ2v) is 14.7. The molecule has 3 amide bonds. The zero-order valence-electron chi connectivity index (χ0n) is 30.0. The summed E-state index contributed by atoms with van der Waals surface area (Å²) >= 11 is 8.25. The Morgan fingerprint density at radius 3 is 2.62 bits per heavy atom. The first kappa shape index (κ1) is 39.8. The molecule has 0 radical (unpaired) electrons. The van der Waals surface area contributed by atoms with Crippen molar-refractivity contribution in [2.45, 2.75) is 92.5 Å². The maximum absolute atomic E-state index is 14.5. The van der Waals surface area contributed by atoms with Gasteiger partial charge >= 0.3 is 0 Å². The number of hydrazone groups is 1. The molecule has 3 heterocycles. The van der Waals surface area contributed by atoms with Crippen LogP contribution in [0.3, 0.4) is 0 Å². The Kier molecular flexibility index (Phi) is 14.3. The van der Waals surface area contributed by atoms with Crippen LogP contribution in [0.15, 0.2) is 57.8 Å². The third-order valence-corrected chi connectivity index (χ3v) is 11.3. The number of nitrogens with two attached hydrogens (primary N) is 4. The summed E-state index contributed by atoms with van der Waals surface area (Å²) in [6, 6.07) is 4.73. The number of carbonyl (C=O) groups is 3. The van der Waals surface area contributed by atoms with E-state index in [0.717, 1.165) is 35.2 Å². The number of pyridine rings is 1. The number of nitrogens with one attached hydrogen (secondary N) is 4. The average Bonchev–Trinajstić information content (AvgIpc) is 3.58. The molecule has 0 bridgehead atoms. The molecule has 3 atom stereocenters. The van der Waals surface area contributed by atoms with Gasteiger partial charge < -0.3 is 48.9 Å². The third-order valence-electron chi connectivity index (χ3n) is 9.66. The van der Waals surface area contributed by atoms with Crippen LogP contribution in [0.25, 0.3) is 6.08 Å². The summed E-state index contributed by atoms with van der Waals surface area (Å²) in [4.78, 5) is 52.9. The van der Waals surface area contributed by atoms with Crippen LogP contribution in [0, 0.1) is 0 Å². The van der Waals surface area contributed by atoms with Gasteiger partial charge in [-0.05, 0) is 105 Å². The fourth-order valence-electron chi connectivity index (χ4n) is 6.65. The van der Waals surface area contributed by atoms with Gasteiger partial charge in [-0.1, -0.05) is 35.5 Å². The minimum Gasteiger partial charge on any atom is -0.382 e. The number of nitrogens with zero attached hydrogens (tertiary/aromatic N) is 3. The van der Waals surface area contributed by atoms with Gasteiger partial charge in [0.1, 0.15) is 22.9 Å². The summed E-state index contributed by atoms with van der Waals surface area (Å²) in [6.45, 7) is 1.20. The lowest BCUT2D eigenvalue weighted by molar-refractivity contribution is -0.142. The van der Waals surface area contributed by atoms with E-state index in [1.165, 1.54) is 16.7 Å². The largest absolute Gasteiger partial charge is 0.382 e. The number of hydrogen-bond donors (Lipinski definition) is 8. The molecule has 284 valence electrons. The molecule has 0 spiro atoms. The average molecular weight is 764 g/mol. The molecule has 3 unspecified atom stereocenters. The molecule has 1 aromatic carbocycles. The van der Waals surface area contributed by atoms with Gasteiger partial charge in [0, 0.05) is 55.1 Å². The van der Waals surface area contributed by atoms with Crippen molar-refractivity contribution in [2.24, 2.45) is 28.1 Å². The summed E-state index contributed by atoms with van der Waals surface area (Å²) < 4.78 is 0. The van der Waals surface area contributed by atoms with E-state index in [0.29, 0.717) is 77.8 Å². The number of benzene rings is 1. The highest BCUT2D eigenvalue weighted by Gasteiger charge is 2.34.